The Kier molecular flexibility index (Phi) is 4.68. The van der Waals surface area contributed by atoms with Crippen molar-refractivity contribution in [3.8, 4) is 0 Å². The van der Waals surface area contributed by atoms with Gasteiger partial charge in [-0.2, -0.15) is 0 Å². The summed E-state index contributed by atoms with van der Waals surface area (Å²) in [5, 5.41) is 6.13. The molecular weight excluding hydrogens is 371 g/mol. The van der Waals surface area contributed by atoms with E-state index in [2.05, 4.69) is 17.6 Å². The first-order valence-electron chi connectivity index (χ1n) is 9.42. The number of carbonyl (C=O) groups excluding carboxylic acids is 2. The van der Waals surface area contributed by atoms with E-state index >= 15 is 0 Å². The number of anilines is 1. The van der Waals surface area contributed by atoms with Crippen molar-refractivity contribution in [2.24, 2.45) is 23.2 Å². The molecule has 2 N–H and O–H groups in total. The first-order valence-corrected chi connectivity index (χ1v) is 10.2. The molecule has 1 atom stereocenters. The Balaban J connectivity index is 1.42. The van der Waals surface area contributed by atoms with E-state index in [1.54, 1.807) is 18.2 Å². The molecule has 0 aromatic heterocycles. The van der Waals surface area contributed by atoms with E-state index < -0.39 is 11.8 Å². The van der Waals surface area contributed by atoms with Crippen molar-refractivity contribution in [2.45, 2.75) is 51.5 Å². The van der Waals surface area contributed by atoms with Gasteiger partial charge in [0.2, 0.25) is 0 Å². The number of carbonyl (C=O) groups is 2. The summed E-state index contributed by atoms with van der Waals surface area (Å²) in [7, 11) is 0. The third-order valence-electron chi connectivity index (χ3n) is 6.76. The van der Waals surface area contributed by atoms with Crippen molar-refractivity contribution in [1.82, 2.24) is 5.32 Å². The molecule has 0 aliphatic heterocycles. The molecule has 1 unspecified atom stereocenters. The number of nitrogens with one attached hydrogen (secondary N) is 2. The Bertz CT molecular complexity index is 694. The molecule has 6 heteroatoms. The number of hydrogen-bond acceptors (Lipinski definition) is 2. The van der Waals surface area contributed by atoms with Gasteiger partial charge in [-0.15, -0.1) is 0 Å². The summed E-state index contributed by atoms with van der Waals surface area (Å²) in [5.41, 5.74) is 0.436. The van der Waals surface area contributed by atoms with Gasteiger partial charge < -0.3 is 10.6 Å². The molecule has 26 heavy (non-hydrogen) atoms. The molecule has 5 rings (SSSR count). The van der Waals surface area contributed by atoms with Crippen molar-refractivity contribution >= 4 is 40.7 Å². The highest BCUT2D eigenvalue weighted by Crippen LogP contribution is 2.61. The summed E-state index contributed by atoms with van der Waals surface area (Å²) in [5.74, 6) is 1.06. The predicted octanol–water partition coefficient (Wildman–Crippen LogP) is 4.65. The first-order chi connectivity index (χ1) is 12.4. The lowest BCUT2D eigenvalue weighted by molar-refractivity contribution is -0.138. The highest BCUT2D eigenvalue weighted by Gasteiger charge is 2.53. The smallest absolute Gasteiger partial charge is 0.313 e. The summed E-state index contributed by atoms with van der Waals surface area (Å²) in [6.07, 6.45) is 7.59. The summed E-state index contributed by atoms with van der Waals surface area (Å²) in [4.78, 5) is 24.8. The van der Waals surface area contributed by atoms with Crippen LogP contribution in [0.5, 0.6) is 0 Å². The fourth-order valence-electron chi connectivity index (χ4n) is 5.91. The van der Waals surface area contributed by atoms with Crippen LogP contribution < -0.4 is 10.6 Å². The SMILES string of the molecule is CC(NC(=O)C(=O)Nc1c(Cl)cccc1Cl)C12CC3CC(CC(C3)C1)C2. The predicted molar refractivity (Wildman–Crippen MR) is 103 cm³/mol. The van der Waals surface area contributed by atoms with Gasteiger partial charge in [-0.3, -0.25) is 9.59 Å². The Morgan fingerprint density at radius 1 is 1.00 bits per heavy atom. The fourth-order valence-corrected chi connectivity index (χ4v) is 6.40. The Hall–Kier alpha value is -1.26. The minimum Gasteiger partial charge on any atom is -0.345 e. The van der Waals surface area contributed by atoms with Crippen LogP contribution in [0.15, 0.2) is 18.2 Å². The van der Waals surface area contributed by atoms with E-state index in [4.69, 9.17) is 23.2 Å². The van der Waals surface area contributed by atoms with Crippen LogP contribution in [-0.2, 0) is 9.59 Å². The van der Waals surface area contributed by atoms with E-state index in [9.17, 15) is 9.59 Å². The number of hydrogen-bond donors (Lipinski definition) is 2. The third-order valence-corrected chi connectivity index (χ3v) is 7.39. The minimum absolute atomic E-state index is 0.00383. The van der Waals surface area contributed by atoms with Gasteiger partial charge in [-0.05, 0) is 80.8 Å². The van der Waals surface area contributed by atoms with Crippen LogP contribution >= 0.6 is 23.2 Å². The van der Waals surface area contributed by atoms with Crippen LogP contribution in [0.25, 0.3) is 0 Å². The maximum Gasteiger partial charge on any atom is 0.313 e. The Morgan fingerprint density at radius 3 is 2.00 bits per heavy atom. The van der Waals surface area contributed by atoms with Crippen LogP contribution in [0.4, 0.5) is 5.69 Å². The molecule has 140 valence electrons. The molecule has 4 saturated carbocycles. The van der Waals surface area contributed by atoms with Gasteiger partial charge in [-0.1, -0.05) is 29.3 Å². The second kappa shape index (κ2) is 6.72. The molecule has 0 radical (unpaired) electrons. The van der Waals surface area contributed by atoms with Crippen molar-refractivity contribution in [1.29, 1.82) is 0 Å². The van der Waals surface area contributed by atoms with Crippen LogP contribution in [0, 0.1) is 23.2 Å². The number of rotatable bonds is 3. The van der Waals surface area contributed by atoms with Crippen molar-refractivity contribution in [3.05, 3.63) is 28.2 Å². The zero-order valence-corrected chi connectivity index (χ0v) is 16.4. The van der Waals surface area contributed by atoms with Crippen LogP contribution in [-0.4, -0.2) is 17.9 Å². The molecule has 1 aromatic rings. The van der Waals surface area contributed by atoms with Crippen molar-refractivity contribution < 1.29 is 9.59 Å². The topological polar surface area (TPSA) is 58.2 Å². The maximum absolute atomic E-state index is 12.5. The zero-order chi connectivity index (χ0) is 18.5. The lowest BCUT2D eigenvalue weighted by Crippen LogP contribution is -2.57. The lowest BCUT2D eigenvalue weighted by Gasteiger charge is -2.59. The lowest BCUT2D eigenvalue weighted by atomic mass is 9.48. The van der Waals surface area contributed by atoms with E-state index in [0.29, 0.717) is 10.0 Å². The largest absolute Gasteiger partial charge is 0.345 e. The van der Waals surface area contributed by atoms with E-state index in [0.717, 1.165) is 17.8 Å². The molecule has 4 aliphatic carbocycles. The van der Waals surface area contributed by atoms with Gasteiger partial charge in [0.1, 0.15) is 0 Å². The van der Waals surface area contributed by atoms with E-state index in [-0.39, 0.29) is 17.1 Å². The van der Waals surface area contributed by atoms with Crippen LogP contribution in [0.1, 0.15) is 45.4 Å². The van der Waals surface area contributed by atoms with Crippen LogP contribution in [0.3, 0.4) is 0 Å². The Morgan fingerprint density at radius 2 is 1.50 bits per heavy atom. The second-order valence-electron chi connectivity index (χ2n) is 8.53. The maximum atomic E-state index is 12.5. The van der Waals surface area contributed by atoms with E-state index in [1.165, 1.54) is 38.5 Å². The van der Waals surface area contributed by atoms with Gasteiger partial charge in [0.25, 0.3) is 0 Å². The van der Waals surface area contributed by atoms with E-state index in [1.807, 2.05) is 0 Å². The molecule has 1 aromatic carbocycles. The number of halogens is 2. The molecule has 0 spiro atoms. The summed E-state index contributed by atoms with van der Waals surface area (Å²) >= 11 is 12.1. The average Bonchev–Trinajstić information content (AvgIpc) is 2.56. The Labute approximate surface area is 164 Å². The molecule has 0 heterocycles. The van der Waals surface area contributed by atoms with Gasteiger partial charge in [0, 0.05) is 6.04 Å². The van der Waals surface area contributed by atoms with Crippen LogP contribution in [0.2, 0.25) is 10.0 Å². The van der Waals surface area contributed by atoms with Gasteiger partial charge in [0.15, 0.2) is 0 Å². The fraction of sp³-hybridized carbons (Fsp3) is 0.600. The molecule has 0 saturated heterocycles. The van der Waals surface area contributed by atoms with Crippen molar-refractivity contribution in [3.63, 3.8) is 0 Å². The molecule has 4 bridgehead atoms. The highest BCUT2D eigenvalue weighted by atomic mass is 35.5. The normalized spacial score (nSPS) is 33.0. The standard InChI is InChI=1S/C20H24Cl2N2O2/c1-11(20-8-12-5-13(9-20)7-14(6-12)10-20)23-18(25)19(26)24-17-15(21)3-2-4-16(17)22/h2-4,11-14H,5-10H2,1H3,(H,23,25)(H,24,26). The third kappa shape index (κ3) is 3.22. The first kappa shape index (κ1) is 18.1. The molecular formula is C20H24Cl2N2O2. The molecule has 4 fully saturated rings. The molecule has 4 nitrogen and oxygen atoms in total. The zero-order valence-electron chi connectivity index (χ0n) is 14.9. The summed E-state index contributed by atoms with van der Waals surface area (Å²) in [6.45, 7) is 2.06. The second-order valence-corrected chi connectivity index (χ2v) is 9.34. The summed E-state index contributed by atoms with van der Waals surface area (Å²) < 4.78 is 0. The van der Waals surface area contributed by atoms with Gasteiger partial charge in [0.05, 0.1) is 15.7 Å². The number of para-hydroxylation sites is 1. The van der Waals surface area contributed by atoms with Crippen molar-refractivity contribution in [2.75, 3.05) is 5.32 Å². The van der Waals surface area contributed by atoms with Gasteiger partial charge >= 0.3 is 11.8 Å². The highest BCUT2D eigenvalue weighted by molar-refractivity contribution is 6.44. The molecule has 2 amide bonds. The number of amides is 2. The van der Waals surface area contributed by atoms with Gasteiger partial charge in [-0.25, -0.2) is 0 Å². The summed E-state index contributed by atoms with van der Waals surface area (Å²) in [6, 6.07) is 4.93. The average molecular weight is 395 g/mol. The monoisotopic (exact) mass is 394 g/mol. The molecule has 4 aliphatic rings. The minimum atomic E-state index is -0.725. The number of benzene rings is 1. The quantitative estimate of drug-likeness (QED) is 0.732.